The van der Waals surface area contributed by atoms with E-state index in [-0.39, 0.29) is 18.3 Å². The van der Waals surface area contributed by atoms with E-state index in [4.69, 9.17) is 9.15 Å². The standard InChI is InChI=1S/C21H22N2O4/c1-14-17-6-4-5-7-18(17)27-20(14)21(25)26-13-19(24)22-12-15-8-10-16(11-9-15)23(2)3/h4-11H,12-13H2,1-3H3,(H,22,24). The average molecular weight is 366 g/mol. The van der Waals surface area contributed by atoms with Gasteiger partial charge in [0.1, 0.15) is 5.58 Å². The maximum Gasteiger partial charge on any atom is 0.375 e. The Bertz CT molecular complexity index is 958. The van der Waals surface area contributed by atoms with Crippen LogP contribution in [0.4, 0.5) is 5.69 Å². The molecule has 0 radical (unpaired) electrons. The van der Waals surface area contributed by atoms with E-state index in [1.165, 1.54) is 0 Å². The molecule has 1 heterocycles. The molecule has 1 aromatic heterocycles. The van der Waals surface area contributed by atoms with Gasteiger partial charge in [0.25, 0.3) is 5.91 Å². The summed E-state index contributed by atoms with van der Waals surface area (Å²) in [6.07, 6.45) is 0. The maximum absolute atomic E-state index is 12.2. The van der Waals surface area contributed by atoms with Gasteiger partial charge in [-0.2, -0.15) is 0 Å². The second kappa shape index (κ2) is 7.95. The first-order valence-electron chi connectivity index (χ1n) is 8.64. The Balaban J connectivity index is 1.52. The number of amides is 1. The number of hydrogen-bond acceptors (Lipinski definition) is 5. The SMILES string of the molecule is Cc1c(C(=O)OCC(=O)NCc2ccc(N(C)C)cc2)oc2ccccc12. The lowest BCUT2D eigenvalue weighted by atomic mass is 10.1. The number of carbonyl (C=O) groups excluding carboxylic acids is 2. The van der Waals surface area contributed by atoms with Crippen molar-refractivity contribution in [3.8, 4) is 0 Å². The molecule has 0 saturated carbocycles. The van der Waals surface area contributed by atoms with E-state index in [2.05, 4.69) is 5.32 Å². The van der Waals surface area contributed by atoms with E-state index in [0.717, 1.165) is 16.6 Å². The highest BCUT2D eigenvalue weighted by atomic mass is 16.5. The van der Waals surface area contributed by atoms with Crippen LogP contribution in [0.3, 0.4) is 0 Å². The van der Waals surface area contributed by atoms with Crippen LogP contribution in [0.5, 0.6) is 0 Å². The highest BCUT2D eigenvalue weighted by Crippen LogP contribution is 2.25. The summed E-state index contributed by atoms with van der Waals surface area (Å²) < 4.78 is 10.6. The molecule has 140 valence electrons. The van der Waals surface area contributed by atoms with E-state index in [1.54, 1.807) is 13.0 Å². The van der Waals surface area contributed by atoms with Gasteiger partial charge in [-0.1, -0.05) is 30.3 Å². The van der Waals surface area contributed by atoms with Crippen molar-refractivity contribution in [3.05, 3.63) is 65.4 Å². The summed E-state index contributed by atoms with van der Waals surface area (Å²) in [5.41, 5.74) is 3.37. The number of nitrogens with one attached hydrogen (secondary N) is 1. The average Bonchev–Trinajstić information content (AvgIpc) is 3.02. The molecule has 6 heteroatoms. The number of aryl methyl sites for hydroxylation is 1. The van der Waals surface area contributed by atoms with Gasteiger partial charge in [-0.05, 0) is 30.7 Å². The number of furan rings is 1. The third-order valence-electron chi connectivity index (χ3n) is 4.31. The zero-order valence-corrected chi connectivity index (χ0v) is 15.6. The van der Waals surface area contributed by atoms with Crippen molar-refractivity contribution < 1.29 is 18.7 Å². The van der Waals surface area contributed by atoms with Gasteiger partial charge in [-0.15, -0.1) is 0 Å². The molecule has 1 N–H and O–H groups in total. The smallest absolute Gasteiger partial charge is 0.375 e. The Hall–Kier alpha value is -3.28. The first-order valence-corrected chi connectivity index (χ1v) is 8.64. The van der Waals surface area contributed by atoms with E-state index in [0.29, 0.717) is 17.7 Å². The predicted octanol–water partition coefficient (Wildman–Crippen LogP) is 3.28. The number of carbonyl (C=O) groups is 2. The molecule has 0 aliphatic carbocycles. The van der Waals surface area contributed by atoms with E-state index in [1.807, 2.05) is 61.5 Å². The van der Waals surface area contributed by atoms with Crippen LogP contribution >= 0.6 is 0 Å². The van der Waals surface area contributed by atoms with Crippen molar-refractivity contribution in [2.75, 3.05) is 25.6 Å². The topological polar surface area (TPSA) is 71.8 Å². The molecule has 0 saturated heterocycles. The van der Waals surface area contributed by atoms with Gasteiger partial charge in [0, 0.05) is 37.3 Å². The summed E-state index contributed by atoms with van der Waals surface area (Å²) in [5, 5.41) is 3.59. The van der Waals surface area contributed by atoms with Crippen LogP contribution in [-0.4, -0.2) is 32.6 Å². The number of para-hydroxylation sites is 1. The number of nitrogens with zero attached hydrogens (tertiary/aromatic N) is 1. The quantitative estimate of drug-likeness (QED) is 0.678. The van der Waals surface area contributed by atoms with Crippen LogP contribution in [-0.2, 0) is 16.1 Å². The lowest BCUT2D eigenvalue weighted by molar-refractivity contribution is -0.124. The molecule has 0 spiro atoms. The number of anilines is 1. The van der Waals surface area contributed by atoms with Crippen molar-refractivity contribution in [2.45, 2.75) is 13.5 Å². The minimum atomic E-state index is -0.644. The minimum absolute atomic E-state index is 0.128. The van der Waals surface area contributed by atoms with Crippen molar-refractivity contribution in [2.24, 2.45) is 0 Å². The zero-order valence-electron chi connectivity index (χ0n) is 15.6. The van der Waals surface area contributed by atoms with Crippen molar-refractivity contribution >= 4 is 28.5 Å². The molecule has 6 nitrogen and oxygen atoms in total. The van der Waals surface area contributed by atoms with Gasteiger partial charge in [0.15, 0.2) is 6.61 Å². The number of benzene rings is 2. The molecular formula is C21H22N2O4. The lowest BCUT2D eigenvalue weighted by Crippen LogP contribution is -2.28. The molecule has 0 bridgehead atoms. The third kappa shape index (κ3) is 4.28. The lowest BCUT2D eigenvalue weighted by Gasteiger charge is -2.13. The molecule has 2 aromatic carbocycles. The van der Waals surface area contributed by atoms with Crippen LogP contribution in [0.15, 0.2) is 52.9 Å². The summed E-state index contributed by atoms with van der Waals surface area (Å²) in [6, 6.07) is 15.2. The van der Waals surface area contributed by atoms with Gasteiger partial charge >= 0.3 is 5.97 Å². The van der Waals surface area contributed by atoms with Crippen LogP contribution < -0.4 is 10.2 Å². The van der Waals surface area contributed by atoms with Gasteiger partial charge in [-0.3, -0.25) is 4.79 Å². The largest absolute Gasteiger partial charge is 0.450 e. The fourth-order valence-corrected chi connectivity index (χ4v) is 2.73. The molecule has 0 fully saturated rings. The van der Waals surface area contributed by atoms with Crippen LogP contribution in [0, 0.1) is 6.92 Å². The Morgan fingerprint density at radius 3 is 2.44 bits per heavy atom. The van der Waals surface area contributed by atoms with Crippen molar-refractivity contribution in [1.82, 2.24) is 5.32 Å². The Kier molecular flexibility index (Phi) is 5.45. The summed E-state index contributed by atoms with van der Waals surface area (Å²) in [6.45, 7) is 1.80. The third-order valence-corrected chi connectivity index (χ3v) is 4.31. The fraction of sp³-hybridized carbons (Fsp3) is 0.238. The van der Waals surface area contributed by atoms with Crippen molar-refractivity contribution in [1.29, 1.82) is 0 Å². The Labute approximate surface area is 157 Å². The normalized spacial score (nSPS) is 10.6. The van der Waals surface area contributed by atoms with Crippen LogP contribution in [0.1, 0.15) is 21.7 Å². The molecular weight excluding hydrogens is 344 g/mol. The second-order valence-electron chi connectivity index (χ2n) is 6.47. The number of ether oxygens (including phenoxy) is 1. The van der Waals surface area contributed by atoms with E-state index in [9.17, 15) is 9.59 Å². The molecule has 3 aromatic rings. The van der Waals surface area contributed by atoms with Crippen LogP contribution in [0.25, 0.3) is 11.0 Å². The molecule has 0 aliphatic rings. The zero-order chi connectivity index (χ0) is 19.4. The van der Waals surface area contributed by atoms with E-state index < -0.39 is 5.97 Å². The molecule has 0 aliphatic heterocycles. The van der Waals surface area contributed by atoms with E-state index >= 15 is 0 Å². The molecule has 0 unspecified atom stereocenters. The Morgan fingerprint density at radius 1 is 1.07 bits per heavy atom. The maximum atomic E-state index is 12.2. The number of hydrogen-bond donors (Lipinski definition) is 1. The molecule has 27 heavy (non-hydrogen) atoms. The van der Waals surface area contributed by atoms with Gasteiger partial charge in [0.2, 0.25) is 5.76 Å². The van der Waals surface area contributed by atoms with Gasteiger partial charge in [-0.25, -0.2) is 4.79 Å². The van der Waals surface area contributed by atoms with Gasteiger partial charge < -0.3 is 19.4 Å². The summed E-state index contributed by atoms with van der Waals surface area (Å²) in [5.74, 6) is -0.883. The summed E-state index contributed by atoms with van der Waals surface area (Å²) in [4.78, 5) is 26.2. The van der Waals surface area contributed by atoms with Gasteiger partial charge in [0.05, 0.1) is 0 Å². The monoisotopic (exact) mass is 366 g/mol. The van der Waals surface area contributed by atoms with Crippen molar-refractivity contribution in [3.63, 3.8) is 0 Å². The number of rotatable bonds is 6. The number of esters is 1. The Morgan fingerprint density at radius 2 is 1.78 bits per heavy atom. The number of fused-ring (bicyclic) bond motifs is 1. The first-order chi connectivity index (χ1) is 13.0. The highest BCUT2D eigenvalue weighted by Gasteiger charge is 2.19. The summed E-state index contributed by atoms with van der Waals surface area (Å²) in [7, 11) is 3.93. The second-order valence-corrected chi connectivity index (χ2v) is 6.47. The molecule has 1 amide bonds. The summed E-state index contributed by atoms with van der Waals surface area (Å²) >= 11 is 0. The first kappa shape index (κ1) is 18.5. The molecule has 0 atom stereocenters. The highest BCUT2D eigenvalue weighted by molar-refractivity contribution is 5.96. The predicted molar refractivity (Wildman–Crippen MR) is 104 cm³/mol. The minimum Gasteiger partial charge on any atom is -0.450 e. The molecule has 3 rings (SSSR count). The van der Waals surface area contributed by atoms with Crippen LogP contribution in [0.2, 0.25) is 0 Å². The fourth-order valence-electron chi connectivity index (χ4n) is 2.73.